The summed E-state index contributed by atoms with van der Waals surface area (Å²) in [6, 6.07) is 3.45. The number of carbonyl (C=O) groups excluding carboxylic acids is 2. The third-order valence-corrected chi connectivity index (χ3v) is 5.02. The molecule has 1 aliphatic heterocycles. The van der Waals surface area contributed by atoms with Crippen LogP contribution >= 0.6 is 11.6 Å². The van der Waals surface area contributed by atoms with Gasteiger partial charge >= 0.3 is 0 Å². The van der Waals surface area contributed by atoms with Crippen LogP contribution in [0, 0.1) is 11.8 Å². The second-order valence-corrected chi connectivity index (χ2v) is 6.67. The Kier molecular flexibility index (Phi) is 5.18. The van der Waals surface area contributed by atoms with Crippen LogP contribution in [0.4, 0.5) is 5.69 Å². The molecule has 2 amide bonds. The van der Waals surface area contributed by atoms with Crippen molar-refractivity contribution < 1.29 is 19.1 Å². The van der Waals surface area contributed by atoms with Crippen LogP contribution in [-0.4, -0.2) is 37.6 Å². The predicted molar refractivity (Wildman–Crippen MR) is 98.8 cm³/mol. The normalized spacial score (nSPS) is 19.8. The highest BCUT2D eigenvalue weighted by Crippen LogP contribution is 2.37. The zero-order chi connectivity index (χ0) is 18.8. The van der Waals surface area contributed by atoms with Gasteiger partial charge in [-0.3, -0.25) is 14.6 Å². The van der Waals surface area contributed by atoms with E-state index in [-0.39, 0.29) is 23.7 Å². The molecule has 1 saturated heterocycles. The Morgan fingerprint density at radius 2 is 2.00 bits per heavy atom. The summed E-state index contributed by atoms with van der Waals surface area (Å²) in [4.78, 5) is 28.4. The first-order valence-corrected chi connectivity index (χ1v) is 8.60. The highest BCUT2D eigenvalue weighted by atomic mass is 35.5. The second-order valence-electron chi connectivity index (χ2n) is 6.29. The van der Waals surface area contributed by atoms with Crippen molar-refractivity contribution >= 4 is 40.0 Å². The molecule has 2 N–H and O–H groups in total. The first kappa shape index (κ1) is 18.3. The number of halogens is 1. The van der Waals surface area contributed by atoms with E-state index in [4.69, 9.17) is 21.1 Å². The number of nitrogens with zero attached hydrogens (tertiary/aromatic N) is 1. The minimum absolute atomic E-state index is 0.0343. The molecule has 1 aromatic carbocycles. The lowest BCUT2D eigenvalue weighted by Gasteiger charge is -2.28. The van der Waals surface area contributed by atoms with Crippen LogP contribution in [0.2, 0.25) is 5.02 Å². The Morgan fingerprint density at radius 1 is 1.31 bits per heavy atom. The molecule has 2 unspecified atom stereocenters. The molecule has 7 nitrogen and oxygen atoms in total. The lowest BCUT2D eigenvalue weighted by atomic mass is 9.87. The quantitative estimate of drug-likeness (QED) is 0.854. The lowest BCUT2D eigenvalue weighted by molar-refractivity contribution is -0.128. The largest absolute Gasteiger partial charge is 0.493 e. The number of rotatable bonds is 4. The van der Waals surface area contributed by atoms with Crippen molar-refractivity contribution in [1.82, 2.24) is 10.3 Å². The first-order valence-electron chi connectivity index (χ1n) is 8.22. The number of amides is 2. The Balaban J connectivity index is 1.89. The molecule has 3 rings (SSSR count). The molecule has 2 atom stereocenters. The van der Waals surface area contributed by atoms with E-state index in [1.54, 1.807) is 19.2 Å². The molecular weight excluding hydrogens is 358 g/mol. The molecular formula is C18H20ClN3O4. The van der Waals surface area contributed by atoms with Crippen molar-refractivity contribution in [1.29, 1.82) is 0 Å². The fourth-order valence-electron chi connectivity index (χ4n) is 3.08. The Hall–Kier alpha value is -2.54. The number of benzene rings is 1. The Labute approximate surface area is 156 Å². The van der Waals surface area contributed by atoms with Crippen molar-refractivity contribution in [2.24, 2.45) is 11.8 Å². The molecule has 0 radical (unpaired) electrons. The number of aromatic nitrogens is 1. The molecule has 0 bridgehead atoms. The monoisotopic (exact) mass is 377 g/mol. The Bertz CT molecular complexity index is 871. The van der Waals surface area contributed by atoms with Gasteiger partial charge in [-0.1, -0.05) is 18.5 Å². The summed E-state index contributed by atoms with van der Waals surface area (Å²) in [5, 5.41) is 6.57. The van der Waals surface area contributed by atoms with Crippen LogP contribution in [0.15, 0.2) is 18.3 Å². The summed E-state index contributed by atoms with van der Waals surface area (Å²) < 4.78 is 10.6. The number of hydrogen-bond acceptors (Lipinski definition) is 5. The fraction of sp³-hybridized carbons (Fsp3) is 0.389. The van der Waals surface area contributed by atoms with Crippen molar-refractivity contribution in [2.45, 2.75) is 13.3 Å². The van der Waals surface area contributed by atoms with Gasteiger partial charge in [0.25, 0.3) is 0 Å². The molecule has 1 aromatic heterocycles. The lowest BCUT2D eigenvalue weighted by Crippen LogP contribution is -2.45. The summed E-state index contributed by atoms with van der Waals surface area (Å²) in [6.07, 6.45) is 1.85. The summed E-state index contributed by atoms with van der Waals surface area (Å²) >= 11 is 6.49. The van der Waals surface area contributed by atoms with Crippen LogP contribution in [0.5, 0.6) is 11.5 Å². The minimum atomic E-state index is -0.315. The summed E-state index contributed by atoms with van der Waals surface area (Å²) in [5.74, 6) is 0.488. The molecule has 1 aliphatic rings. The number of fused-ring (bicyclic) bond motifs is 1. The van der Waals surface area contributed by atoms with Gasteiger partial charge < -0.3 is 20.1 Å². The maximum atomic E-state index is 12.6. The van der Waals surface area contributed by atoms with E-state index in [1.165, 1.54) is 13.3 Å². The van der Waals surface area contributed by atoms with Crippen LogP contribution in [0.25, 0.3) is 10.9 Å². The van der Waals surface area contributed by atoms with E-state index in [0.29, 0.717) is 46.1 Å². The molecule has 0 saturated carbocycles. The molecule has 138 valence electrons. The van der Waals surface area contributed by atoms with Gasteiger partial charge in [-0.15, -0.1) is 0 Å². The molecule has 2 aromatic rings. The minimum Gasteiger partial charge on any atom is -0.493 e. The number of ether oxygens (including phenoxy) is 2. The molecule has 1 fully saturated rings. The average Bonchev–Trinajstić information content (AvgIpc) is 2.63. The molecule has 8 heteroatoms. The summed E-state index contributed by atoms with van der Waals surface area (Å²) in [7, 11) is 3.08. The van der Waals surface area contributed by atoms with Gasteiger partial charge in [0.2, 0.25) is 11.8 Å². The van der Waals surface area contributed by atoms with Gasteiger partial charge in [-0.25, -0.2) is 0 Å². The Morgan fingerprint density at radius 3 is 2.65 bits per heavy atom. The number of carbonyl (C=O) groups is 2. The predicted octanol–water partition coefficient (Wildman–Crippen LogP) is 2.62. The fourth-order valence-corrected chi connectivity index (χ4v) is 3.33. The van der Waals surface area contributed by atoms with Crippen LogP contribution in [-0.2, 0) is 9.59 Å². The number of hydrogen-bond donors (Lipinski definition) is 2. The van der Waals surface area contributed by atoms with Crippen molar-refractivity contribution in [3.8, 4) is 11.5 Å². The number of nitrogens with one attached hydrogen (secondary N) is 2. The standard InChI is InChI=1S/C18H20ClN3O4/c1-9-4-16(23)21-7-11(9)18(24)22-13-8-20-12-6-15(26-3)14(25-2)5-10(12)17(13)19/h5-6,8-9,11H,4,7H2,1-3H3,(H,21,23)(H,22,24). The van der Waals surface area contributed by atoms with Crippen LogP contribution < -0.4 is 20.1 Å². The van der Waals surface area contributed by atoms with E-state index in [9.17, 15) is 9.59 Å². The van der Waals surface area contributed by atoms with Gasteiger partial charge in [-0.2, -0.15) is 0 Å². The zero-order valence-corrected chi connectivity index (χ0v) is 15.5. The van der Waals surface area contributed by atoms with E-state index < -0.39 is 0 Å². The smallest absolute Gasteiger partial charge is 0.229 e. The number of pyridine rings is 1. The van der Waals surface area contributed by atoms with E-state index in [2.05, 4.69) is 15.6 Å². The number of piperidine rings is 1. The van der Waals surface area contributed by atoms with E-state index in [1.807, 2.05) is 6.92 Å². The topological polar surface area (TPSA) is 89.5 Å². The van der Waals surface area contributed by atoms with Gasteiger partial charge in [0.15, 0.2) is 11.5 Å². The van der Waals surface area contributed by atoms with Gasteiger partial charge in [0, 0.05) is 24.4 Å². The van der Waals surface area contributed by atoms with Crippen molar-refractivity contribution in [3.05, 3.63) is 23.4 Å². The second kappa shape index (κ2) is 7.37. The maximum absolute atomic E-state index is 12.6. The summed E-state index contributed by atoms with van der Waals surface area (Å²) in [6.45, 7) is 2.20. The highest BCUT2D eigenvalue weighted by molar-refractivity contribution is 6.38. The molecule has 2 heterocycles. The zero-order valence-electron chi connectivity index (χ0n) is 14.8. The average molecular weight is 378 g/mol. The third-order valence-electron chi connectivity index (χ3n) is 4.62. The van der Waals surface area contributed by atoms with Gasteiger partial charge in [-0.05, 0) is 12.0 Å². The third kappa shape index (κ3) is 3.39. The summed E-state index contributed by atoms with van der Waals surface area (Å²) in [5.41, 5.74) is 1.05. The van der Waals surface area contributed by atoms with E-state index >= 15 is 0 Å². The number of anilines is 1. The van der Waals surface area contributed by atoms with Crippen LogP contribution in [0.1, 0.15) is 13.3 Å². The number of methoxy groups -OCH3 is 2. The molecule has 0 aliphatic carbocycles. The van der Waals surface area contributed by atoms with Crippen molar-refractivity contribution in [2.75, 3.05) is 26.1 Å². The maximum Gasteiger partial charge on any atom is 0.229 e. The van der Waals surface area contributed by atoms with E-state index in [0.717, 1.165) is 0 Å². The SMILES string of the molecule is COc1cc2ncc(NC(=O)C3CNC(=O)CC3C)c(Cl)c2cc1OC. The van der Waals surface area contributed by atoms with Gasteiger partial charge in [0.1, 0.15) is 0 Å². The van der Waals surface area contributed by atoms with Crippen molar-refractivity contribution in [3.63, 3.8) is 0 Å². The highest BCUT2D eigenvalue weighted by Gasteiger charge is 2.31. The van der Waals surface area contributed by atoms with Crippen LogP contribution in [0.3, 0.4) is 0 Å². The van der Waals surface area contributed by atoms with Gasteiger partial charge in [0.05, 0.1) is 42.6 Å². The molecule has 26 heavy (non-hydrogen) atoms. The molecule has 0 spiro atoms. The first-order chi connectivity index (χ1) is 12.4.